The number of nitrogens with one attached hydrogen (secondary N) is 1. The van der Waals surface area contributed by atoms with E-state index in [1.165, 1.54) is 6.92 Å². The van der Waals surface area contributed by atoms with Crippen molar-refractivity contribution in [3.8, 4) is 0 Å². The minimum Gasteiger partial charge on any atom is -0.461 e. The molecule has 0 aromatic heterocycles. The van der Waals surface area contributed by atoms with Gasteiger partial charge in [0, 0.05) is 20.8 Å². The topological polar surface area (TPSA) is 126 Å². The van der Waals surface area contributed by atoms with E-state index < -0.39 is 80.2 Å². The number of amides is 1. The van der Waals surface area contributed by atoms with Crippen molar-refractivity contribution in [1.29, 1.82) is 0 Å². The number of halogens is 2. The lowest BCUT2D eigenvalue weighted by atomic mass is 9.89. The van der Waals surface area contributed by atoms with Gasteiger partial charge in [0.1, 0.15) is 12.1 Å². The number of carbonyl (C=O) groups is 4. The van der Waals surface area contributed by atoms with Crippen molar-refractivity contribution < 1.29 is 51.3 Å². The van der Waals surface area contributed by atoms with E-state index in [4.69, 9.17) is 18.6 Å². The van der Waals surface area contributed by atoms with Gasteiger partial charge in [0.15, 0.2) is 18.3 Å². The third kappa shape index (κ3) is 7.94. The van der Waals surface area contributed by atoms with Gasteiger partial charge in [0.05, 0.1) is 13.2 Å². The molecule has 2 aromatic carbocycles. The second-order valence-corrected chi connectivity index (χ2v) is 16.1. The van der Waals surface area contributed by atoms with Crippen LogP contribution in [0.3, 0.4) is 0 Å². The number of carbonyl (C=O) groups excluding carboxylic acids is 4. The summed E-state index contributed by atoms with van der Waals surface area (Å²) in [5.74, 6) is -8.73. The highest BCUT2D eigenvalue weighted by Gasteiger charge is 2.63. The highest BCUT2D eigenvalue weighted by molar-refractivity contribution is 6.99. The van der Waals surface area contributed by atoms with Gasteiger partial charge < -0.3 is 28.7 Å². The van der Waals surface area contributed by atoms with Gasteiger partial charge >= 0.3 is 23.8 Å². The number of rotatable bonds is 11. The molecule has 1 aliphatic heterocycles. The summed E-state index contributed by atoms with van der Waals surface area (Å²) in [6, 6.07) is 17.2. The molecule has 0 bridgehead atoms. The van der Waals surface area contributed by atoms with Crippen molar-refractivity contribution in [3.63, 3.8) is 0 Å². The number of benzene rings is 2. The predicted octanol–water partition coefficient (Wildman–Crippen LogP) is 2.90. The van der Waals surface area contributed by atoms with E-state index in [2.05, 4.69) is 10.1 Å². The summed E-state index contributed by atoms with van der Waals surface area (Å²) >= 11 is 0. The maximum absolute atomic E-state index is 15.8. The van der Waals surface area contributed by atoms with E-state index in [1.54, 1.807) is 0 Å². The second-order valence-electron chi connectivity index (χ2n) is 11.8. The van der Waals surface area contributed by atoms with Crippen LogP contribution in [0.25, 0.3) is 0 Å². The third-order valence-electron chi connectivity index (χ3n) is 7.45. The zero-order valence-electron chi connectivity index (χ0n) is 26.5. The largest absolute Gasteiger partial charge is 0.461 e. The van der Waals surface area contributed by atoms with Crippen LogP contribution in [-0.4, -0.2) is 81.7 Å². The highest BCUT2D eigenvalue weighted by Crippen LogP contribution is 2.39. The maximum atomic E-state index is 15.8. The molecule has 13 heteroatoms. The third-order valence-corrected chi connectivity index (χ3v) is 12.5. The maximum Gasteiger partial charge on any atom is 0.379 e. The number of esters is 3. The Morgan fingerprint density at radius 3 is 1.76 bits per heavy atom. The molecule has 3 rings (SSSR count). The normalized spacial score (nSPS) is 22.2. The summed E-state index contributed by atoms with van der Waals surface area (Å²) in [5.41, 5.74) is 0. The van der Waals surface area contributed by atoms with E-state index in [0.29, 0.717) is 0 Å². The lowest BCUT2D eigenvalue weighted by molar-refractivity contribution is -0.260. The van der Waals surface area contributed by atoms with Gasteiger partial charge in [-0.1, -0.05) is 81.4 Å². The molecular weight excluding hydrogens is 608 g/mol. The molecule has 1 N–H and O–H groups in total. The van der Waals surface area contributed by atoms with Gasteiger partial charge in [-0.05, 0) is 22.3 Å². The number of alkyl halides is 2. The lowest BCUT2D eigenvalue weighted by Gasteiger charge is -2.48. The first kappa shape index (κ1) is 35.8. The summed E-state index contributed by atoms with van der Waals surface area (Å²) in [5, 5.41) is 3.54. The van der Waals surface area contributed by atoms with E-state index in [1.807, 2.05) is 81.4 Å². The van der Waals surface area contributed by atoms with Crippen molar-refractivity contribution in [2.24, 2.45) is 0 Å². The van der Waals surface area contributed by atoms with Gasteiger partial charge in [-0.2, -0.15) is 8.78 Å². The van der Waals surface area contributed by atoms with Crippen LogP contribution in [0.2, 0.25) is 5.04 Å². The quantitative estimate of drug-likeness (QED) is 0.222. The molecule has 246 valence electrons. The number of hydrogen-bond donors (Lipinski definition) is 1. The van der Waals surface area contributed by atoms with Crippen molar-refractivity contribution in [2.45, 2.75) is 89.9 Å². The molecule has 2 aromatic rings. The van der Waals surface area contributed by atoms with Crippen LogP contribution < -0.4 is 15.7 Å². The van der Waals surface area contributed by atoms with Crippen LogP contribution in [0.15, 0.2) is 60.7 Å². The van der Waals surface area contributed by atoms with Crippen LogP contribution in [0.5, 0.6) is 0 Å². The predicted molar refractivity (Wildman–Crippen MR) is 163 cm³/mol. The number of ether oxygens (including phenoxy) is 4. The van der Waals surface area contributed by atoms with Gasteiger partial charge in [0.2, 0.25) is 5.91 Å². The molecule has 1 amide bonds. The molecule has 0 spiro atoms. The summed E-state index contributed by atoms with van der Waals surface area (Å²) < 4.78 is 60.1. The minimum absolute atomic E-state index is 0.351. The smallest absolute Gasteiger partial charge is 0.379 e. The zero-order chi connectivity index (χ0) is 33.6. The molecule has 10 nitrogen and oxygen atoms in total. The average molecular weight is 650 g/mol. The monoisotopic (exact) mass is 649 g/mol. The Kier molecular flexibility index (Phi) is 11.6. The van der Waals surface area contributed by atoms with E-state index in [-0.39, 0.29) is 6.61 Å². The first-order valence-corrected chi connectivity index (χ1v) is 16.5. The summed E-state index contributed by atoms with van der Waals surface area (Å²) in [4.78, 5) is 49.3. The fourth-order valence-corrected chi connectivity index (χ4v) is 10.3. The molecule has 5 atom stereocenters. The first-order chi connectivity index (χ1) is 21.1. The molecule has 1 fully saturated rings. The SMILES string of the molecule is CCOC(=O)C(F)(F)[C@@H]1O[C@H](CO[Si](c2ccccc2)(c2ccccc2)C(C)(C)C)[C@@H](OC(C)=O)[C@H](OC(C)=O)[C@H]1NC(C)=O. The second kappa shape index (κ2) is 14.6. The van der Waals surface area contributed by atoms with Gasteiger partial charge in [-0.3, -0.25) is 14.4 Å². The molecule has 45 heavy (non-hydrogen) atoms. The van der Waals surface area contributed by atoms with Crippen LogP contribution in [0.4, 0.5) is 8.78 Å². The Morgan fingerprint density at radius 1 is 0.844 bits per heavy atom. The first-order valence-electron chi connectivity index (χ1n) is 14.6. The summed E-state index contributed by atoms with van der Waals surface area (Å²) in [6.45, 7) is 9.82. The molecule has 0 radical (unpaired) electrons. The van der Waals surface area contributed by atoms with E-state index in [0.717, 1.165) is 31.1 Å². The molecular formula is C32H41F2NO9Si. The van der Waals surface area contributed by atoms with Crippen LogP contribution in [0, 0.1) is 0 Å². The fourth-order valence-electron chi connectivity index (χ4n) is 5.75. The molecule has 0 aliphatic carbocycles. The van der Waals surface area contributed by atoms with Crippen LogP contribution >= 0.6 is 0 Å². The van der Waals surface area contributed by atoms with Crippen molar-refractivity contribution in [1.82, 2.24) is 5.32 Å². The Balaban J connectivity index is 2.21. The minimum atomic E-state index is -4.32. The summed E-state index contributed by atoms with van der Waals surface area (Å²) in [7, 11) is -3.28. The van der Waals surface area contributed by atoms with Gasteiger partial charge in [0.25, 0.3) is 8.32 Å². The van der Waals surface area contributed by atoms with Crippen molar-refractivity contribution in [3.05, 3.63) is 60.7 Å². The Bertz CT molecular complexity index is 1300. The lowest BCUT2D eigenvalue weighted by Crippen LogP contribution is -2.72. The molecule has 0 saturated carbocycles. The Labute approximate surface area is 262 Å². The van der Waals surface area contributed by atoms with Crippen LogP contribution in [0.1, 0.15) is 48.5 Å². The number of hydrogen-bond acceptors (Lipinski definition) is 9. The van der Waals surface area contributed by atoms with Crippen molar-refractivity contribution in [2.75, 3.05) is 13.2 Å². The Hall–Kier alpha value is -3.68. The van der Waals surface area contributed by atoms with Crippen molar-refractivity contribution >= 4 is 42.5 Å². The van der Waals surface area contributed by atoms with E-state index >= 15 is 8.78 Å². The molecule has 1 aliphatic rings. The van der Waals surface area contributed by atoms with Gasteiger partial charge in [-0.25, -0.2) is 4.79 Å². The Morgan fingerprint density at radius 2 is 1.33 bits per heavy atom. The molecule has 1 heterocycles. The molecule has 1 saturated heterocycles. The molecule has 0 unspecified atom stereocenters. The summed E-state index contributed by atoms with van der Waals surface area (Å²) in [6.07, 6.45) is -7.04. The standard InChI is InChI=1S/C32H41F2NO9Si/c1-8-40-30(39)32(33,34)29-26(35-20(2)36)28(43-22(4)38)27(42-21(3)37)25(44-29)19-41-45(31(5,6)7,23-15-11-9-12-16-23)24-17-13-10-14-18-24/h9-18,25-29H,8,19H2,1-7H3,(H,35,36)/t25-,26-,27-,28-,29-/m1/s1. The van der Waals surface area contributed by atoms with E-state index in [9.17, 15) is 19.2 Å². The van der Waals surface area contributed by atoms with Gasteiger partial charge in [-0.15, -0.1) is 0 Å². The fraction of sp³-hybridized carbons (Fsp3) is 0.500. The zero-order valence-corrected chi connectivity index (χ0v) is 27.5. The van der Waals surface area contributed by atoms with Crippen LogP contribution in [-0.2, 0) is 42.6 Å². The average Bonchev–Trinajstić information content (AvgIpc) is 2.95. The highest BCUT2D eigenvalue weighted by atomic mass is 28.4.